The minimum Gasteiger partial charge on any atom is -0.473 e. The zero-order valence-corrected chi connectivity index (χ0v) is 20.6. The highest BCUT2D eigenvalue weighted by Crippen LogP contribution is 2.28. The number of aromatic nitrogens is 1. The summed E-state index contributed by atoms with van der Waals surface area (Å²) in [6, 6.07) is 16.1. The molecule has 8 nitrogen and oxygen atoms in total. The number of rotatable bonds is 6. The van der Waals surface area contributed by atoms with Crippen LogP contribution in [0.2, 0.25) is 0 Å². The molecule has 0 aliphatic carbocycles. The third kappa shape index (κ3) is 7.39. The summed E-state index contributed by atoms with van der Waals surface area (Å²) in [6.07, 6.45) is 5.43. The topological polar surface area (TPSA) is 103 Å². The van der Waals surface area contributed by atoms with E-state index in [0.717, 1.165) is 44.5 Å². The quantitative estimate of drug-likeness (QED) is 0.503. The van der Waals surface area contributed by atoms with Crippen LogP contribution < -0.4 is 0 Å². The highest BCUT2D eigenvalue weighted by Gasteiger charge is 2.21. The van der Waals surface area contributed by atoms with Crippen molar-refractivity contribution in [2.24, 2.45) is 0 Å². The lowest BCUT2D eigenvalue weighted by Crippen LogP contribution is -2.35. The molecule has 1 aliphatic heterocycles. The summed E-state index contributed by atoms with van der Waals surface area (Å²) in [5.74, 6) is -3.74. The molecule has 0 radical (unpaired) electrons. The van der Waals surface area contributed by atoms with Gasteiger partial charge in [0.05, 0.1) is 0 Å². The van der Waals surface area contributed by atoms with Gasteiger partial charge in [-0.2, -0.15) is 0 Å². The molecular formula is C27H32FN3O5. The Bertz CT molecular complexity index is 1190. The number of carbonyl (C=O) groups is 3. The van der Waals surface area contributed by atoms with E-state index in [0.29, 0.717) is 12.6 Å². The smallest absolute Gasteiger partial charge is 0.414 e. The van der Waals surface area contributed by atoms with Gasteiger partial charge < -0.3 is 24.6 Å². The van der Waals surface area contributed by atoms with Gasteiger partial charge in [-0.05, 0) is 60.0 Å². The fourth-order valence-corrected chi connectivity index (χ4v) is 4.36. The average molecular weight is 498 g/mol. The molecule has 36 heavy (non-hydrogen) atoms. The van der Waals surface area contributed by atoms with E-state index in [4.69, 9.17) is 19.8 Å². The lowest BCUT2D eigenvalue weighted by atomic mass is 10.0. The van der Waals surface area contributed by atoms with Crippen LogP contribution in [0.3, 0.4) is 0 Å². The predicted molar refractivity (Wildman–Crippen MR) is 134 cm³/mol. The van der Waals surface area contributed by atoms with Crippen molar-refractivity contribution in [3.63, 3.8) is 0 Å². The maximum absolute atomic E-state index is 13.1. The Hall–Kier alpha value is -3.72. The number of piperidine rings is 1. The summed E-state index contributed by atoms with van der Waals surface area (Å²) < 4.78 is 15.5. The third-order valence-corrected chi connectivity index (χ3v) is 6.51. The Labute approximate surface area is 209 Å². The number of likely N-dealkylation sites (tertiary alicyclic amines) is 1. The van der Waals surface area contributed by atoms with Crippen molar-refractivity contribution in [3.05, 3.63) is 71.7 Å². The van der Waals surface area contributed by atoms with E-state index in [-0.39, 0.29) is 11.7 Å². The van der Waals surface area contributed by atoms with E-state index in [1.54, 1.807) is 24.0 Å². The second kappa shape index (κ2) is 12.3. The van der Waals surface area contributed by atoms with Crippen molar-refractivity contribution in [1.82, 2.24) is 14.4 Å². The Morgan fingerprint density at radius 2 is 1.58 bits per heavy atom. The van der Waals surface area contributed by atoms with Crippen molar-refractivity contribution in [2.45, 2.75) is 38.8 Å². The number of nitrogens with zero attached hydrogens (tertiary/aromatic N) is 3. The van der Waals surface area contributed by atoms with Crippen molar-refractivity contribution in [3.8, 4) is 0 Å². The number of carboxylic acid groups (broad SMARTS) is 2. The van der Waals surface area contributed by atoms with Gasteiger partial charge in [0.15, 0.2) is 0 Å². The van der Waals surface area contributed by atoms with Gasteiger partial charge in [0.2, 0.25) is 5.91 Å². The van der Waals surface area contributed by atoms with Gasteiger partial charge >= 0.3 is 11.9 Å². The highest BCUT2D eigenvalue weighted by molar-refractivity contribution is 6.27. The molecule has 3 aromatic rings. The fraction of sp³-hybridized carbons (Fsp3) is 0.370. The normalized spacial score (nSPS) is 14.2. The van der Waals surface area contributed by atoms with Crippen LogP contribution >= 0.6 is 0 Å². The molecule has 1 aromatic heterocycles. The molecule has 1 fully saturated rings. The first-order valence-electron chi connectivity index (χ1n) is 11.9. The van der Waals surface area contributed by atoms with Gasteiger partial charge in [-0.15, -0.1) is 0 Å². The maximum Gasteiger partial charge on any atom is 0.414 e. The van der Waals surface area contributed by atoms with Crippen molar-refractivity contribution < 1.29 is 29.0 Å². The molecule has 0 bridgehead atoms. The van der Waals surface area contributed by atoms with E-state index in [9.17, 15) is 9.18 Å². The van der Waals surface area contributed by atoms with Gasteiger partial charge in [-0.1, -0.05) is 24.3 Å². The average Bonchev–Trinajstić information content (AvgIpc) is 3.27. The molecule has 9 heteroatoms. The number of hydrogen-bond acceptors (Lipinski definition) is 4. The Balaban J connectivity index is 0.000000538. The molecule has 0 spiro atoms. The zero-order chi connectivity index (χ0) is 26.2. The van der Waals surface area contributed by atoms with E-state index < -0.39 is 11.9 Å². The molecule has 2 N–H and O–H groups in total. The number of fused-ring (bicyclic) bond motifs is 1. The lowest BCUT2D eigenvalue weighted by Gasteiger charge is -2.33. The van der Waals surface area contributed by atoms with Crippen LogP contribution in [-0.4, -0.2) is 69.1 Å². The molecule has 2 aromatic carbocycles. The van der Waals surface area contributed by atoms with E-state index in [1.165, 1.54) is 16.5 Å². The van der Waals surface area contributed by atoms with Crippen LogP contribution in [0, 0.1) is 5.82 Å². The number of carbonyl (C=O) groups excluding carboxylic acids is 1. The minimum atomic E-state index is -1.82. The first-order chi connectivity index (χ1) is 17.1. The summed E-state index contributed by atoms with van der Waals surface area (Å²) in [7, 11) is 1.84. The SMILES string of the molecule is CC(=O)N(C)Cc1ccc2ccn(C3CCN(CCc4ccc(F)cc4)CC3)c2c1.O=C(O)C(=O)O. The van der Waals surface area contributed by atoms with Gasteiger partial charge in [0.25, 0.3) is 0 Å². The molecule has 1 amide bonds. The molecule has 0 unspecified atom stereocenters. The third-order valence-electron chi connectivity index (χ3n) is 6.51. The fourth-order valence-electron chi connectivity index (χ4n) is 4.36. The van der Waals surface area contributed by atoms with E-state index >= 15 is 0 Å². The highest BCUT2D eigenvalue weighted by atomic mass is 19.1. The Morgan fingerprint density at radius 3 is 2.17 bits per heavy atom. The second-order valence-electron chi connectivity index (χ2n) is 9.05. The Kier molecular flexibility index (Phi) is 9.19. The van der Waals surface area contributed by atoms with Gasteiger partial charge in [-0.25, -0.2) is 14.0 Å². The number of aliphatic carboxylic acids is 2. The molecule has 192 valence electrons. The van der Waals surface area contributed by atoms with Crippen LogP contribution in [0.25, 0.3) is 10.9 Å². The summed E-state index contributed by atoms with van der Waals surface area (Å²) in [4.78, 5) is 34.0. The molecule has 1 aliphatic rings. The first-order valence-corrected chi connectivity index (χ1v) is 11.9. The van der Waals surface area contributed by atoms with Crippen LogP contribution in [0.1, 0.15) is 36.9 Å². The predicted octanol–water partition coefficient (Wildman–Crippen LogP) is 3.79. The summed E-state index contributed by atoms with van der Waals surface area (Å²) >= 11 is 0. The van der Waals surface area contributed by atoms with Crippen molar-refractivity contribution in [2.75, 3.05) is 26.7 Å². The van der Waals surface area contributed by atoms with Gasteiger partial charge in [0.1, 0.15) is 5.82 Å². The maximum atomic E-state index is 13.1. The van der Waals surface area contributed by atoms with Crippen molar-refractivity contribution in [1.29, 1.82) is 0 Å². The largest absolute Gasteiger partial charge is 0.473 e. The number of carboxylic acids is 2. The number of amides is 1. The van der Waals surface area contributed by atoms with Crippen LogP contribution in [0.15, 0.2) is 54.7 Å². The van der Waals surface area contributed by atoms with Gasteiger partial charge in [0, 0.05) is 57.9 Å². The van der Waals surface area contributed by atoms with E-state index in [1.807, 2.05) is 19.2 Å². The minimum absolute atomic E-state index is 0.0819. The second-order valence-corrected chi connectivity index (χ2v) is 9.05. The number of benzene rings is 2. The number of hydrogen-bond donors (Lipinski definition) is 2. The molecule has 0 atom stereocenters. The van der Waals surface area contributed by atoms with Crippen molar-refractivity contribution >= 4 is 28.7 Å². The lowest BCUT2D eigenvalue weighted by molar-refractivity contribution is -0.159. The zero-order valence-electron chi connectivity index (χ0n) is 20.6. The van der Waals surface area contributed by atoms with Crippen LogP contribution in [-0.2, 0) is 27.3 Å². The first kappa shape index (κ1) is 26.9. The summed E-state index contributed by atoms with van der Waals surface area (Å²) in [6.45, 7) is 5.42. The Morgan fingerprint density at radius 1 is 0.972 bits per heavy atom. The molecule has 2 heterocycles. The molecule has 4 rings (SSSR count). The monoisotopic (exact) mass is 497 g/mol. The molecule has 1 saturated heterocycles. The van der Waals surface area contributed by atoms with Crippen LogP contribution in [0.4, 0.5) is 4.39 Å². The van der Waals surface area contributed by atoms with E-state index in [2.05, 4.69) is 39.9 Å². The number of halogens is 1. The standard InChI is InChI=1S/C25H30FN3O.C2H2O4/c1-19(30)27(2)18-21-3-6-22-10-16-29(25(22)17-21)24-11-14-28(15-12-24)13-9-20-4-7-23(26)8-5-20;3-1(4)2(5)6/h3-8,10,16-17,24H,9,11-15,18H2,1-2H3;(H,3,4)(H,5,6). The molecule has 0 saturated carbocycles. The molecular weight excluding hydrogens is 465 g/mol. The summed E-state index contributed by atoms with van der Waals surface area (Å²) in [5.41, 5.74) is 3.61. The van der Waals surface area contributed by atoms with Gasteiger partial charge in [-0.3, -0.25) is 4.79 Å². The van der Waals surface area contributed by atoms with Crippen LogP contribution in [0.5, 0.6) is 0 Å². The summed E-state index contributed by atoms with van der Waals surface area (Å²) in [5, 5.41) is 16.0.